The van der Waals surface area contributed by atoms with Gasteiger partial charge in [-0.2, -0.15) is 0 Å². The van der Waals surface area contributed by atoms with Crippen molar-refractivity contribution in [1.82, 2.24) is 5.32 Å². The molecule has 0 bridgehead atoms. The van der Waals surface area contributed by atoms with Crippen LogP contribution >= 0.6 is 0 Å². The van der Waals surface area contributed by atoms with Gasteiger partial charge in [0.2, 0.25) is 5.91 Å². The number of aliphatic hydroxyl groups is 8. The molecule has 9 N–H and O–H groups in total. The molecular formula is C76H135NO13. The number of unbranched alkanes of at least 4 members (excludes halogenated alkanes) is 35. The topological polar surface area (TPSA) is 228 Å². The zero-order valence-electron chi connectivity index (χ0n) is 56.9. The standard InChI is InChI=1S/C76H135NO13/c1-3-5-7-9-11-13-15-17-19-21-23-25-27-29-30-31-32-33-34-36-37-39-41-43-45-47-49-51-53-55-57-59-65(80)64(63-87-75-73(86)71(84)74(67(62-79)89-75)90-76-72(85)70(83)69(82)66(61-78)88-76)77-68(81)60-58-56-54-52-50-48-46-44-42-40-38-35-28-26-24-22-20-18-16-14-12-10-8-6-4-2/h6,8,12,14,18,20,24,26,35,38,49,51,57,59,64-67,69-76,78-80,82-86H,3-5,7,9-11,13,15-17,19,21-23,25,27-34,36-37,39-48,50,52-56,58,60-63H2,1-2H3,(H,77,81)/b8-6-,14-12-,20-18-,26-24-,38-35-,51-49+,59-57+. The van der Waals surface area contributed by atoms with Crippen molar-refractivity contribution in [3.8, 4) is 0 Å². The predicted molar refractivity (Wildman–Crippen MR) is 369 cm³/mol. The van der Waals surface area contributed by atoms with Gasteiger partial charge < -0.3 is 65.1 Å². The normalized spacial score (nSPS) is 23.4. The molecule has 0 spiro atoms. The molecule has 0 aromatic carbocycles. The third kappa shape index (κ3) is 43.2. The van der Waals surface area contributed by atoms with Gasteiger partial charge in [0.1, 0.15) is 48.8 Å². The number of allylic oxidation sites excluding steroid dienone is 13. The quantitative estimate of drug-likeness (QED) is 0.0204. The maximum atomic E-state index is 13.3. The van der Waals surface area contributed by atoms with E-state index < -0.39 is 86.8 Å². The van der Waals surface area contributed by atoms with E-state index in [1.165, 1.54) is 193 Å². The third-order valence-corrected chi connectivity index (χ3v) is 17.6. The number of ether oxygens (including phenoxy) is 4. The van der Waals surface area contributed by atoms with Gasteiger partial charge in [0.15, 0.2) is 12.6 Å². The van der Waals surface area contributed by atoms with Gasteiger partial charge >= 0.3 is 0 Å². The van der Waals surface area contributed by atoms with Crippen LogP contribution in [0.1, 0.15) is 296 Å². The van der Waals surface area contributed by atoms with Crippen LogP contribution in [0, 0.1) is 0 Å². The predicted octanol–water partition coefficient (Wildman–Crippen LogP) is 15.6. The van der Waals surface area contributed by atoms with Crippen LogP contribution in [0.5, 0.6) is 0 Å². The zero-order chi connectivity index (χ0) is 65.2. The van der Waals surface area contributed by atoms with E-state index in [-0.39, 0.29) is 18.9 Å². The number of amides is 1. The first-order chi connectivity index (χ1) is 44.1. The van der Waals surface area contributed by atoms with Crippen LogP contribution in [0.3, 0.4) is 0 Å². The van der Waals surface area contributed by atoms with Gasteiger partial charge in [0.25, 0.3) is 0 Å². The van der Waals surface area contributed by atoms with E-state index in [1.54, 1.807) is 6.08 Å². The molecule has 2 aliphatic rings. The fourth-order valence-corrected chi connectivity index (χ4v) is 11.7. The molecule has 14 nitrogen and oxygen atoms in total. The van der Waals surface area contributed by atoms with E-state index >= 15 is 0 Å². The first-order valence-corrected chi connectivity index (χ1v) is 36.8. The Bertz CT molecular complexity index is 1830. The second-order valence-corrected chi connectivity index (χ2v) is 25.7. The highest BCUT2D eigenvalue weighted by atomic mass is 16.7. The summed E-state index contributed by atoms with van der Waals surface area (Å²) in [5.41, 5.74) is 0. The summed E-state index contributed by atoms with van der Waals surface area (Å²) >= 11 is 0. The molecule has 2 heterocycles. The Hall–Kier alpha value is -2.83. The Balaban J connectivity index is 1.68. The summed E-state index contributed by atoms with van der Waals surface area (Å²) in [6, 6.07) is -0.942. The molecule has 2 saturated heterocycles. The summed E-state index contributed by atoms with van der Waals surface area (Å²) in [7, 11) is 0. The lowest BCUT2D eigenvalue weighted by molar-refractivity contribution is -0.359. The van der Waals surface area contributed by atoms with Crippen LogP contribution < -0.4 is 5.32 Å². The highest BCUT2D eigenvalue weighted by Crippen LogP contribution is 2.30. The average molecular weight is 1270 g/mol. The molecule has 0 radical (unpaired) electrons. The average Bonchev–Trinajstić information content (AvgIpc) is 1.41. The molecule has 0 aromatic heterocycles. The van der Waals surface area contributed by atoms with Crippen molar-refractivity contribution in [3.05, 3.63) is 85.1 Å². The van der Waals surface area contributed by atoms with Crippen molar-refractivity contribution in [2.45, 2.75) is 370 Å². The number of rotatable bonds is 60. The van der Waals surface area contributed by atoms with Crippen molar-refractivity contribution < 1.29 is 64.6 Å². The molecular weight excluding hydrogens is 1130 g/mol. The van der Waals surface area contributed by atoms with Gasteiger partial charge in [-0.05, 0) is 77.0 Å². The fraction of sp³-hybridized carbons (Fsp3) is 0.803. The molecule has 0 saturated carbocycles. The van der Waals surface area contributed by atoms with E-state index in [4.69, 9.17) is 18.9 Å². The highest BCUT2D eigenvalue weighted by Gasteiger charge is 2.51. The van der Waals surface area contributed by atoms with Crippen molar-refractivity contribution in [3.63, 3.8) is 0 Å². The van der Waals surface area contributed by atoms with Crippen LogP contribution in [-0.2, 0) is 23.7 Å². The second-order valence-electron chi connectivity index (χ2n) is 25.7. The first-order valence-electron chi connectivity index (χ1n) is 36.8. The SMILES string of the molecule is CC/C=C\C/C=C\C/C=C\C/C=C\C/C=C\CCCCCCCCCCCC(=O)NC(COC1OC(CO)C(OC2OC(CO)C(O)C(O)C2O)C(O)C1O)C(O)/C=C/CC/C=C/CCCCCCCCCCCCCCCCCCCCCCCCCCC. The Labute approximate surface area is 548 Å². The van der Waals surface area contributed by atoms with E-state index in [0.29, 0.717) is 12.8 Å². The minimum atomic E-state index is -1.80. The Morgan fingerprint density at radius 1 is 0.411 bits per heavy atom. The molecule has 0 aromatic rings. The number of carbonyl (C=O) groups excluding carboxylic acids is 1. The molecule has 2 aliphatic heterocycles. The minimum Gasteiger partial charge on any atom is -0.394 e. The lowest BCUT2D eigenvalue weighted by atomic mass is 9.97. The monoisotopic (exact) mass is 1270 g/mol. The number of nitrogens with one attached hydrogen (secondary N) is 1. The largest absolute Gasteiger partial charge is 0.394 e. The van der Waals surface area contributed by atoms with Crippen LogP contribution in [-0.4, -0.2) is 140 Å². The van der Waals surface area contributed by atoms with Crippen molar-refractivity contribution in [2.75, 3.05) is 19.8 Å². The number of carbonyl (C=O) groups is 1. The Morgan fingerprint density at radius 3 is 1.22 bits per heavy atom. The molecule has 2 rings (SSSR count). The van der Waals surface area contributed by atoms with Gasteiger partial charge in [0, 0.05) is 6.42 Å². The van der Waals surface area contributed by atoms with Crippen LogP contribution in [0.25, 0.3) is 0 Å². The van der Waals surface area contributed by atoms with Crippen molar-refractivity contribution >= 4 is 5.91 Å². The smallest absolute Gasteiger partial charge is 0.220 e. The number of hydrogen-bond acceptors (Lipinski definition) is 13. The third-order valence-electron chi connectivity index (χ3n) is 17.6. The van der Waals surface area contributed by atoms with Gasteiger partial charge in [-0.15, -0.1) is 0 Å². The molecule has 522 valence electrons. The Kier molecular flexibility index (Phi) is 55.4. The van der Waals surface area contributed by atoms with Crippen molar-refractivity contribution in [1.29, 1.82) is 0 Å². The zero-order valence-corrected chi connectivity index (χ0v) is 56.9. The summed E-state index contributed by atoms with van der Waals surface area (Å²) in [4.78, 5) is 13.3. The summed E-state index contributed by atoms with van der Waals surface area (Å²) in [5, 5.41) is 87.5. The number of aliphatic hydroxyl groups excluding tert-OH is 8. The highest BCUT2D eigenvalue weighted by molar-refractivity contribution is 5.76. The van der Waals surface area contributed by atoms with Gasteiger partial charge in [0.05, 0.1) is 32.0 Å². The molecule has 2 fully saturated rings. The van der Waals surface area contributed by atoms with Crippen LogP contribution in [0.15, 0.2) is 85.1 Å². The summed E-state index contributed by atoms with van der Waals surface area (Å²) in [6.45, 7) is 2.69. The van der Waals surface area contributed by atoms with E-state index in [1.807, 2.05) is 6.08 Å². The summed E-state index contributed by atoms with van der Waals surface area (Å²) in [5.74, 6) is -0.256. The van der Waals surface area contributed by atoms with E-state index in [9.17, 15) is 45.6 Å². The minimum absolute atomic E-state index is 0.256. The lowest BCUT2D eigenvalue weighted by Gasteiger charge is -2.46. The van der Waals surface area contributed by atoms with Crippen molar-refractivity contribution in [2.24, 2.45) is 0 Å². The summed E-state index contributed by atoms with van der Waals surface area (Å²) < 4.78 is 22.9. The molecule has 90 heavy (non-hydrogen) atoms. The number of hydrogen-bond donors (Lipinski definition) is 9. The van der Waals surface area contributed by atoms with Crippen LogP contribution in [0.2, 0.25) is 0 Å². The van der Waals surface area contributed by atoms with Gasteiger partial charge in [-0.25, -0.2) is 0 Å². The van der Waals surface area contributed by atoms with Gasteiger partial charge in [-0.3, -0.25) is 4.79 Å². The second kappa shape index (κ2) is 59.9. The van der Waals surface area contributed by atoms with Gasteiger partial charge in [-0.1, -0.05) is 298 Å². The summed E-state index contributed by atoms with van der Waals surface area (Å²) in [6.07, 6.45) is 66.5. The lowest BCUT2D eigenvalue weighted by Crippen LogP contribution is -2.65. The molecule has 0 aliphatic carbocycles. The van der Waals surface area contributed by atoms with Crippen LogP contribution in [0.4, 0.5) is 0 Å². The van der Waals surface area contributed by atoms with E-state index in [0.717, 1.165) is 70.6 Å². The molecule has 1 amide bonds. The maximum Gasteiger partial charge on any atom is 0.220 e. The molecule has 14 heteroatoms. The Morgan fingerprint density at radius 2 is 0.778 bits per heavy atom. The fourth-order valence-electron chi connectivity index (χ4n) is 11.7. The molecule has 12 unspecified atom stereocenters. The maximum absolute atomic E-state index is 13.3. The van der Waals surface area contributed by atoms with E-state index in [2.05, 4.69) is 92.1 Å². The first kappa shape index (κ1) is 83.3. The molecule has 12 atom stereocenters.